The van der Waals surface area contributed by atoms with Gasteiger partial charge < -0.3 is 5.11 Å². The lowest BCUT2D eigenvalue weighted by Crippen LogP contribution is -2.05. The summed E-state index contributed by atoms with van der Waals surface area (Å²) in [6, 6.07) is 1.55. The normalized spacial score (nSPS) is 10.6. The number of hydrogen-bond acceptors (Lipinski definition) is 5. The van der Waals surface area contributed by atoms with Crippen LogP contribution in [-0.2, 0) is 20.0 Å². The monoisotopic (exact) mass is 222 g/mol. The van der Waals surface area contributed by atoms with Crippen molar-refractivity contribution in [1.29, 1.82) is 0 Å². The fourth-order valence-electron chi connectivity index (χ4n) is 1.36. The molecule has 2 heterocycles. The van der Waals surface area contributed by atoms with E-state index >= 15 is 0 Å². The van der Waals surface area contributed by atoms with E-state index in [4.69, 9.17) is 5.11 Å². The molecule has 2 rings (SSSR count). The van der Waals surface area contributed by atoms with Crippen molar-refractivity contribution >= 4 is 5.97 Å². The number of nitrogens with zero attached hydrogens (tertiary/aromatic N) is 6. The van der Waals surface area contributed by atoms with Gasteiger partial charge in [0.25, 0.3) is 0 Å². The number of carbonyl (C=O) groups is 1. The topological polar surface area (TPSA) is 98.7 Å². The van der Waals surface area contributed by atoms with Crippen LogP contribution < -0.4 is 0 Å². The van der Waals surface area contributed by atoms with Crippen LogP contribution in [0, 0.1) is 0 Å². The van der Waals surface area contributed by atoms with E-state index in [-0.39, 0.29) is 5.69 Å². The molecule has 0 fully saturated rings. The van der Waals surface area contributed by atoms with E-state index in [2.05, 4.69) is 20.6 Å². The fourth-order valence-corrected chi connectivity index (χ4v) is 1.36. The van der Waals surface area contributed by atoms with Gasteiger partial charge >= 0.3 is 5.97 Å². The summed E-state index contributed by atoms with van der Waals surface area (Å²) in [5.41, 5.74) is 0.877. The van der Waals surface area contributed by atoms with Crippen molar-refractivity contribution in [3.8, 4) is 0 Å². The summed E-state index contributed by atoms with van der Waals surface area (Å²) in [7, 11) is 1.60. The maximum Gasteiger partial charge on any atom is 0.354 e. The summed E-state index contributed by atoms with van der Waals surface area (Å²) in [5, 5.41) is 23.6. The SMILES string of the molecule is Cn1nc(CCn2cnnn2)cc1C(=O)O. The summed E-state index contributed by atoms with van der Waals surface area (Å²) < 4.78 is 2.91. The lowest BCUT2D eigenvalue weighted by Gasteiger charge is -1.95. The molecule has 84 valence electrons. The van der Waals surface area contributed by atoms with Crippen molar-refractivity contribution in [3.63, 3.8) is 0 Å². The Kier molecular flexibility index (Phi) is 2.63. The first-order valence-corrected chi connectivity index (χ1v) is 4.64. The van der Waals surface area contributed by atoms with E-state index in [1.165, 1.54) is 11.0 Å². The number of aromatic nitrogens is 6. The van der Waals surface area contributed by atoms with Gasteiger partial charge in [0.15, 0.2) is 0 Å². The summed E-state index contributed by atoms with van der Waals surface area (Å²) in [4.78, 5) is 10.8. The van der Waals surface area contributed by atoms with E-state index in [9.17, 15) is 4.79 Å². The van der Waals surface area contributed by atoms with E-state index in [0.717, 1.165) is 0 Å². The zero-order valence-corrected chi connectivity index (χ0v) is 8.61. The molecule has 0 radical (unpaired) electrons. The number of rotatable bonds is 4. The van der Waals surface area contributed by atoms with Crippen molar-refractivity contribution in [1.82, 2.24) is 30.0 Å². The van der Waals surface area contributed by atoms with Gasteiger partial charge in [0.1, 0.15) is 12.0 Å². The second kappa shape index (κ2) is 4.09. The third-order valence-electron chi connectivity index (χ3n) is 2.14. The number of hydrogen-bond donors (Lipinski definition) is 1. The first kappa shape index (κ1) is 10.3. The average molecular weight is 222 g/mol. The summed E-state index contributed by atoms with van der Waals surface area (Å²) >= 11 is 0. The van der Waals surface area contributed by atoms with Gasteiger partial charge in [0.05, 0.1) is 12.2 Å². The first-order chi connectivity index (χ1) is 7.66. The highest BCUT2D eigenvalue weighted by molar-refractivity contribution is 5.85. The Morgan fingerprint density at radius 3 is 2.94 bits per heavy atom. The largest absolute Gasteiger partial charge is 0.477 e. The van der Waals surface area contributed by atoms with E-state index < -0.39 is 5.97 Å². The molecule has 8 heteroatoms. The highest BCUT2D eigenvalue weighted by atomic mass is 16.4. The quantitative estimate of drug-likeness (QED) is 0.737. The molecule has 0 aliphatic rings. The molecule has 0 atom stereocenters. The summed E-state index contributed by atoms with van der Waals surface area (Å²) in [5.74, 6) is -0.983. The van der Waals surface area contributed by atoms with Crippen LogP contribution in [0.4, 0.5) is 0 Å². The fraction of sp³-hybridized carbons (Fsp3) is 0.375. The van der Waals surface area contributed by atoms with Gasteiger partial charge in [0.2, 0.25) is 0 Å². The molecule has 0 bridgehead atoms. The van der Waals surface area contributed by atoms with Crippen LogP contribution in [0.1, 0.15) is 16.2 Å². The number of aromatic carboxylic acids is 1. The number of tetrazole rings is 1. The Hall–Kier alpha value is -2.25. The van der Waals surface area contributed by atoms with Crippen LogP contribution in [0.25, 0.3) is 0 Å². The Morgan fingerprint density at radius 1 is 1.56 bits per heavy atom. The molecule has 0 aliphatic heterocycles. The smallest absolute Gasteiger partial charge is 0.354 e. The van der Waals surface area contributed by atoms with Crippen LogP contribution in [-0.4, -0.2) is 41.1 Å². The molecule has 0 unspecified atom stereocenters. The van der Waals surface area contributed by atoms with Gasteiger partial charge in [-0.1, -0.05) is 0 Å². The molecule has 2 aromatic rings. The van der Waals surface area contributed by atoms with Crippen molar-refractivity contribution < 1.29 is 9.90 Å². The van der Waals surface area contributed by atoms with Crippen LogP contribution in [0.3, 0.4) is 0 Å². The third-order valence-corrected chi connectivity index (χ3v) is 2.14. The van der Waals surface area contributed by atoms with Crippen molar-refractivity contribution in [2.75, 3.05) is 0 Å². The van der Waals surface area contributed by atoms with E-state index in [1.54, 1.807) is 17.8 Å². The number of carboxylic acids is 1. The molecular formula is C8H10N6O2. The van der Waals surface area contributed by atoms with Gasteiger partial charge in [-0.15, -0.1) is 5.10 Å². The molecule has 0 aliphatic carbocycles. The van der Waals surface area contributed by atoms with Crippen LogP contribution in [0.15, 0.2) is 12.4 Å². The lowest BCUT2D eigenvalue weighted by atomic mass is 10.3. The van der Waals surface area contributed by atoms with E-state index in [1.807, 2.05) is 0 Å². The maximum atomic E-state index is 10.8. The van der Waals surface area contributed by atoms with Gasteiger partial charge in [-0.3, -0.25) is 4.68 Å². The Labute approximate surface area is 90.5 Å². The molecule has 0 saturated carbocycles. The molecular weight excluding hydrogens is 212 g/mol. The summed E-state index contributed by atoms with van der Waals surface area (Å²) in [6.07, 6.45) is 2.09. The van der Waals surface area contributed by atoms with Crippen molar-refractivity contribution in [3.05, 3.63) is 23.8 Å². The predicted molar refractivity (Wildman–Crippen MR) is 51.7 cm³/mol. The van der Waals surface area contributed by atoms with Crippen LogP contribution in [0.2, 0.25) is 0 Å². The Balaban J connectivity index is 2.05. The van der Waals surface area contributed by atoms with Crippen molar-refractivity contribution in [2.24, 2.45) is 7.05 Å². The Bertz CT molecular complexity index is 489. The zero-order valence-electron chi connectivity index (χ0n) is 8.61. The molecule has 0 spiro atoms. The molecule has 8 nitrogen and oxygen atoms in total. The first-order valence-electron chi connectivity index (χ1n) is 4.64. The molecule has 2 aromatic heterocycles. The molecule has 0 saturated heterocycles. The average Bonchev–Trinajstić information content (AvgIpc) is 2.83. The van der Waals surface area contributed by atoms with Gasteiger partial charge in [-0.05, 0) is 16.5 Å². The van der Waals surface area contributed by atoms with Gasteiger partial charge in [-0.25, -0.2) is 9.48 Å². The molecule has 16 heavy (non-hydrogen) atoms. The number of aryl methyl sites for hydroxylation is 3. The molecule has 0 aromatic carbocycles. The van der Waals surface area contributed by atoms with Crippen LogP contribution >= 0.6 is 0 Å². The minimum Gasteiger partial charge on any atom is -0.477 e. The standard InChI is InChI=1S/C8H10N6O2/c1-13-7(8(15)16)4-6(10-13)2-3-14-5-9-11-12-14/h4-5H,2-3H2,1H3,(H,15,16). The predicted octanol–water partition coefficient (Wildman–Crippen LogP) is -0.653. The van der Waals surface area contributed by atoms with Gasteiger partial charge in [-0.2, -0.15) is 5.10 Å². The highest BCUT2D eigenvalue weighted by Crippen LogP contribution is 2.04. The second-order valence-electron chi connectivity index (χ2n) is 3.27. The van der Waals surface area contributed by atoms with Crippen LogP contribution in [0.5, 0.6) is 0 Å². The molecule has 1 N–H and O–H groups in total. The second-order valence-corrected chi connectivity index (χ2v) is 3.27. The molecule has 0 amide bonds. The third kappa shape index (κ3) is 2.05. The maximum absolute atomic E-state index is 10.8. The van der Waals surface area contributed by atoms with E-state index in [0.29, 0.717) is 18.7 Å². The number of carboxylic acid groups (broad SMARTS) is 1. The lowest BCUT2D eigenvalue weighted by molar-refractivity contribution is 0.0685. The van der Waals surface area contributed by atoms with Crippen molar-refractivity contribution in [2.45, 2.75) is 13.0 Å². The van der Waals surface area contributed by atoms with Gasteiger partial charge in [0, 0.05) is 13.5 Å². The highest BCUT2D eigenvalue weighted by Gasteiger charge is 2.11. The minimum absolute atomic E-state index is 0.173. The summed E-state index contributed by atoms with van der Waals surface area (Å²) in [6.45, 7) is 0.572. The minimum atomic E-state index is -0.983. The Morgan fingerprint density at radius 2 is 2.38 bits per heavy atom. The zero-order chi connectivity index (χ0) is 11.5.